The number of nitrogens with one attached hydrogen (secondary N) is 1. The van der Waals surface area contributed by atoms with Crippen LogP contribution >= 0.6 is 27.5 Å². The summed E-state index contributed by atoms with van der Waals surface area (Å²) in [6.45, 7) is 1.39. The third-order valence-electron chi connectivity index (χ3n) is 8.27. The van der Waals surface area contributed by atoms with Crippen molar-refractivity contribution in [2.75, 3.05) is 10.8 Å². The Morgan fingerprint density at radius 2 is 1.54 bits per heavy atom. The topological polar surface area (TPSA) is 86.8 Å². The summed E-state index contributed by atoms with van der Waals surface area (Å²) in [5, 5.41) is 3.57. The van der Waals surface area contributed by atoms with E-state index in [2.05, 4.69) is 21.2 Å². The number of amides is 2. The number of aryl methyl sites for hydroxylation is 1. The van der Waals surface area contributed by atoms with Gasteiger partial charge < -0.3 is 10.2 Å². The average Bonchev–Trinajstić information content (AvgIpc) is 3.56. The highest BCUT2D eigenvalue weighted by Gasteiger charge is 2.35. The summed E-state index contributed by atoms with van der Waals surface area (Å²) in [7, 11) is -4.20. The van der Waals surface area contributed by atoms with Crippen LogP contribution in [-0.4, -0.2) is 43.8 Å². The number of sulfonamides is 1. The number of nitrogens with zero attached hydrogens (tertiary/aromatic N) is 2. The third-order valence-corrected chi connectivity index (χ3v) is 11.0. The lowest BCUT2D eigenvalue weighted by Crippen LogP contribution is -2.54. The second-order valence-corrected chi connectivity index (χ2v) is 14.8. The molecule has 1 atom stereocenters. The van der Waals surface area contributed by atoms with Crippen LogP contribution in [0.1, 0.15) is 42.4 Å². The monoisotopic (exact) mass is 721 g/mol. The largest absolute Gasteiger partial charge is 0.352 e. The van der Waals surface area contributed by atoms with E-state index >= 15 is 0 Å². The van der Waals surface area contributed by atoms with Crippen LogP contribution in [0.2, 0.25) is 5.02 Å². The van der Waals surface area contributed by atoms with Gasteiger partial charge in [-0.25, -0.2) is 8.42 Å². The van der Waals surface area contributed by atoms with Crippen molar-refractivity contribution in [3.05, 3.63) is 129 Å². The minimum atomic E-state index is -4.20. The lowest BCUT2D eigenvalue weighted by atomic mass is 10.0. The first kappa shape index (κ1) is 33.7. The van der Waals surface area contributed by atoms with Gasteiger partial charge in [0, 0.05) is 28.5 Å². The molecule has 0 saturated heterocycles. The highest BCUT2D eigenvalue weighted by atomic mass is 79.9. The van der Waals surface area contributed by atoms with Crippen LogP contribution in [0.4, 0.5) is 5.69 Å². The van der Waals surface area contributed by atoms with Crippen LogP contribution in [0.3, 0.4) is 0 Å². The van der Waals surface area contributed by atoms with Gasteiger partial charge in [0.25, 0.3) is 10.0 Å². The summed E-state index contributed by atoms with van der Waals surface area (Å²) in [4.78, 5) is 30.3. The Morgan fingerprint density at radius 3 is 2.20 bits per heavy atom. The standard InChI is InChI=1S/C36H37BrClN3O4S/c1-26-19-20-31(23-33(26)38)41(46(44,45)32-17-6-3-7-18-32)25-35(42)40(24-28-13-10-14-29(37)21-28)34(22-27-11-4-2-5-12-27)36(43)39-30-15-8-9-16-30/h2-7,10-14,17-21,23,30,34H,8-9,15-16,22,24-25H2,1H3,(H,39,43)/t34-/m0/s1. The number of halogens is 2. The van der Waals surface area contributed by atoms with Crippen LogP contribution in [0.25, 0.3) is 0 Å². The maximum atomic E-state index is 14.6. The fourth-order valence-electron chi connectivity index (χ4n) is 5.74. The molecule has 1 fully saturated rings. The molecular formula is C36H37BrClN3O4S. The van der Waals surface area contributed by atoms with Crippen molar-refractivity contribution in [2.24, 2.45) is 0 Å². The SMILES string of the molecule is Cc1ccc(N(CC(=O)N(Cc2cccc(Br)c2)[C@@H](Cc2ccccc2)C(=O)NC2CCCC2)S(=O)(=O)c2ccccc2)cc1Cl. The van der Waals surface area contributed by atoms with Gasteiger partial charge in [-0.15, -0.1) is 0 Å². The average molecular weight is 723 g/mol. The van der Waals surface area contributed by atoms with E-state index in [1.54, 1.807) is 36.4 Å². The van der Waals surface area contributed by atoms with Crippen LogP contribution < -0.4 is 9.62 Å². The number of carbonyl (C=O) groups is 2. The molecule has 0 bridgehead atoms. The van der Waals surface area contributed by atoms with Crippen molar-refractivity contribution in [1.82, 2.24) is 10.2 Å². The fraction of sp³-hybridized carbons (Fsp3) is 0.278. The molecule has 0 spiro atoms. The first-order valence-corrected chi connectivity index (χ1v) is 17.9. The van der Waals surface area contributed by atoms with E-state index in [1.165, 1.54) is 17.0 Å². The Labute approximate surface area is 284 Å². The molecule has 46 heavy (non-hydrogen) atoms. The number of rotatable bonds is 12. The Hall–Kier alpha value is -3.66. The van der Waals surface area contributed by atoms with Crippen LogP contribution in [0.5, 0.6) is 0 Å². The predicted octanol–water partition coefficient (Wildman–Crippen LogP) is 7.31. The highest BCUT2D eigenvalue weighted by Crippen LogP contribution is 2.29. The van der Waals surface area contributed by atoms with Gasteiger partial charge in [0.15, 0.2) is 0 Å². The number of anilines is 1. The number of benzene rings is 4. The minimum Gasteiger partial charge on any atom is -0.352 e. The summed E-state index contributed by atoms with van der Waals surface area (Å²) in [5.41, 5.74) is 2.72. The summed E-state index contributed by atoms with van der Waals surface area (Å²) in [5.74, 6) is -0.770. The smallest absolute Gasteiger partial charge is 0.264 e. The Bertz CT molecular complexity index is 1770. The van der Waals surface area contributed by atoms with E-state index in [1.807, 2.05) is 61.5 Å². The van der Waals surface area contributed by atoms with E-state index in [4.69, 9.17) is 11.6 Å². The van der Waals surface area contributed by atoms with Gasteiger partial charge in [0.05, 0.1) is 10.6 Å². The Kier molecular flexibility index (Phi) is 11.2. The molecule has 0 heterocycles. The zero-order valence-electron chi connectivity index (χ0n) is 25.6. The predicted molar refractivity (Wildman–Crippen MR) is 186 cm³/mol. The van der Waals surface area contributed by atoms with Crippen molar-refractivity contribution in [1.29, 1.82) is 0 Å². The zero-order valence-corrected chi connectivity index (χ0v) is 28.8. The highest BCUT2D eigenvalue weighted by molar-refractivity contribution is 9.10. The Balaban J connectivity index is 1.57. The van der Waals surface area contributed by atoms with Crippen LogP contribution in [0, 0.1) is 6.92 Å². The first-order valence-electron chi connectivity index (χ1n) is 15.3. The van der Waals surface area contributed by atoms with E-state index in [0.29, 0.717) is 5.02 Å². The van der Waals surface area contributed by atoms with Gasteiger partial charge in [-0.1, -0.05) is 107 Å². The first-order chi connectivity index (χ1) is 22.1. The van der Waals surface area contributed by atoms with Gasteiger partial charge in [0.1, 0.15) is 12.6 Å². The normalized spacial score (nSPS) is 14.1. The molecule has 1 aliphatic rings. The van der Waals surface area contributed by atoms with E-state index in [0.717, 1.165) is 51.2 Å². The molecule has 0 aromatic heterocycles. The van der Waals surface area contributed by atoms with Crippen molar-refractivity contribution >= 4 is 55.1 Å². The second-order valence-electron chi connectivity index (χ2n) is 11.6. The molecule has 4 aromatic rings. The van der Waals surface area contributed by atoms with Crippen molar-refractivity contribution < 1.29 is 18.0 Å². The molecule has 0 unspecified atom stereocenters. The number of hydrogen-bond donors (Lipinski definition) is 1. The maximum absolute atomic E-state index is 14.6. The fourth-order valence-corrected chi connectivity index (χ4v) is 7.79. The van der Waals surface area contributed by atoms with Crippen LogP contribution in [0.15, 0.2) is 112 Å². The van der Waals surface area contributed by atoms with Gasteiger partial charge in [-0.3, -0.25) is 13.9 Å². The van der Waals surface area contributed by atoms with Gasteiger partial charge in [-0.05, 0) is 72.9 Å². The molecule has 240 valence electrons. The maximum Gasteiger partial charge on any atom is 0.264 e. The molecule has 1 aliphatic carbocycles. The molecular weight excluding hydrogens is 686 g/mol. The lowest BCUT2D eigenvalue weighted by molar-refractivity contribution is -0.140. The quantitative estimate of drug-likeness (QED) is 0.166. The van der Waals surface area contributed by atoms with Gasteiger partial charge in [-0.2, -0.15) is 0 Å². The summed E-state index contributed by atoms with van der Waals surface area (Å²) >= 11 is 9.98. The summed E-state index contributed by atoms with van der Waals surface area (Å²) in [6.07, 6.45) is 4.13. The summed E-state index contributed by atoms with van der Waals surface area (Å²) in [6, 6.07) is 29.2. The molecule has 4 aromatic carbocycles. The summed E-state index contributed by atoms with van der Waals surface area (Å²) < 4.78 is 30.2. The molecule has 5 rings (SSSR count). The van der Waals surface area contributed by atoms with Crippen molar-refractivity contribution in [2.45, 2.75) is 62.6 Å². The third kappa shape index (κ3) is 8.37. The van der Waals surface area contributed by atoms with E-state index in [-0.39, 0.29) is 35.5 Å². The molecule has 1 N–H and O–H groups in total. The van der Waals surface area contributed by atoms with E-state index < -0.39 is 28.5 Å². The van der Waals surface area contributed by atoms with Gasteiger partial charge >= 0.3 is 0 Å². The minimum absolute atomic E-state index is 0.0397. The molecule has 2 amide bonds. The van der Waals surface area contributed by atoms with Crippen molar-refractivity contribution in [3.63, 3.8) is 0 Å². The molecule has 1 saturated carbocycles. The lowest BCUT2D eigenvalue weighted by Gasteiger charge is -2.34. The van der Waals surface area contributed by atoms with Crippen LogP contribution in [-0.2, 0) is 32.6 Å². The Morgan fingerprint density at radius 1 is 0.891 bits per heavy atom. The second kappa shape index (κ2) is 15.3. The molecule has 10 heteroatoms. The molecule has 7 nitrogen and oxygen atoms in total. The number of hydrogen-bond acceptors (Lipinski definition) is 4. The van der Waals surface area contributed by atoms with Crippen molar-refractivity contribution in [3.8, 4) is 0 Å². The molecule has 0 aliphatic heterocycles. The number of carbonyl (C=O) groups excluding carboxylic acids is 2. The van der Waals surface area contributed by atoms with Gasteiger partial charge in [0.2, 0.25) is 11.8 Å². The molecule has 0 radical (unpaired) electrons. The van der Waals surface area contributed by atoms with E-state index in [9.17, 15) is 18.0 Å². The zero-order chi connectivity index (χ0) is 32.7.